The zero-order valence-corrected chi connectivity index (χ0v) is 15.1. The fourth-order valence-electron chi connectivity index (χ4n) is 3.07. The molecule has 2 heterocycles. The highest BCUT2D eigenvalue weighted by atomic mass is 16.2. The number of imide groups is 1. The summed E-state index contributed by atoms with van der Waals surface area (Å²) in [5.41, 5.74) is 3.00. The van der Waals surface area contributed by atoms with E-state index in [2.05, 4.69) is 10.4 Å². The molecular formula is C19H22N4O3. The van der Waals surface area contributed by atoms with E-state index in [0.29, 0.717) is 12.0 Å². The number of carbonyl (C=O) groups excluding carboxylic acids is 2. The number of nitrogens with one attached hydrogen (secondary N) is 2. The first-order chi connectivity index (χ1) is 12.4. The number of amides is 3. The molecule has 3 rings (SSSR count). The highest BCUT2D eigenvalue weighted by molar-refractivity contribution is 6.13. The molecule has 7 nitrogen and oxygen atoms in total. The number of hydrogen-bond donors (Lipinski definition) is 2. The van der Waals surface area contributed by atoms with Crippen LogP contribution in [0, 0.1) is 6.92 Å². The Morgan fingerprint density at radius 3 is 2.65 bits per heavy atom. The molecule has 0 atom stereocenters. The van der Waals surface area contributed by atoms with Crippen LogP contribution in [0.2, 0.25) is 0 Å². The van der Waals surface area contributed by atoms with Gasteiger partial charge >= 0.3 is 6.03 Å². The summed E-state index contributed by atoms with van der Waals surface area (Å²) in [4.78, 5) is 38.3. The molecule has 0 spiro atoms. The monoisotopic (exact) mass is 354 g/mol. The molecular weight excluding hydrogens is 332 g/mol. The second kappa shape index (κ2) is 7.03. The minimum absolute atomic E-state index is 0.122. The molecule has 1 aliphatic rings. The molecule has 2 N–H and O–H groups in total. The molecule has 0 aliphatic carbocycles. The van der Waals surface area contributed by atoms with Crippen molar-refractivity contribution in [2.24, 2.45) is 7.05 Å². The van der Waals surface area contributed by atoms with E-state index in [0.717, 1.165) is 28.1 Å². The van der Waals surface area contributed by atoms with Crippen molar-refractivity contribution in [2.45, 2.75) is 33.2 Å². The summed E-state index contributed by atoms with van der Waals surface area (Å²) in [5, 5.41) is 5.57. The summed E-state index contributed by atoms with van der Waals surface area (Å²) in [6.07, 6.45) is 3.01. The molecule has 2 aromatic rings. The van der Waals surface area contributed by atoms with Crippen LogP contribution in [0.3, 0.4) is 0 Å². The molecule has 7 heteroatoms. The molecule has 0 saturated carbocycles. The number of carbonyl (C=O) groups is 2. The van der Waals surface area contributed by atoms with Gasteiger partial charge in [-0.3, -0.25) is 24.3 Å². The Morgan fingerprint density at radius 1 is 1.19 bits per heavy atom. The van der Waals surface area contributed by atoms with Gasteiger partial charge < -0.3 is 5.32 Å². The van der Waals surface area contributed by atoms with Gasteiger partial charge in [-0.25, -0.2) is 4.79 Å². The maximum atomic E-state index is 12.7. The first-order valence-corrected chi connectivity index (χ1v) is 8.58. The average Bonchev–Trinajstić information content (AvgIpc) is 3.00. The molecule has 0 unspecified atom stereocenters. The molecule has 1 aromatic heterocycles. The fraction of sp³-hybridized carbons (Fsp3) is 0.316. The van der Waals surface area contributed by atoms with Crippen molar-refractivity contribution in [3.8, 4) is 0 Å². The van der Waals surface area contributed by atoms with E-state index in [4.69, 9.17) is 0 Å². The molecule has 0 radical (unpaired) electrons. The van der Waals surface area contributed by atoms with Crippen LogP contribution in [0.4, 0.5) is 4.79 Å². The van der Waals surface area contributed by atoms with Crippen LogP contribution < -0.4 is 10.9 Å². The lowest BCUT2D eigenvalue weighted by Gasteiger charge is -2.12. The van der Waals surface area contributed by atoms with Crippen molar-refractivity contribution in [3.05, 3.63) is 62.7 Å². The van der Waals surface area contributed by atoms with Crippen LogP contribution in [0.25, 0.3) is 6.08 Å². The predicted octanol–water partition coefficient (Wildman–Crippen LogP) is 2.07. The molecule has 26 heavy (non-hydrogen) atoms. The topological polar surface area (TPSA) is 87.2 Å². The summed E-state index contributed by atoms with van der Waals surface area (Å²) in [6, 6.07) is 7.17. The number of rotatable bonds is 5. The van der Waals surface area contributed by atoms with Crippen molar-refractivity contribution in [1.82, 2.24) is 20.0 Å². The standard InChI is InChI=1S/C19H22N4O3/c1-4-6-15-14(17(24)22(3)21-15)10-16-18(25)23(19(26)20-16)11-13-8-5-7-12(2)9-13/h5,7-10,21H,4,6,11H2,1-3H3,(H,20,26)/b16-10-. The van der Waals surface area contributed by atoms with Gasteiger partial charge in [0.05, 0.1) is 12.1 Å². The Kier molecular flexibility index (Phi) is 4.79. The van der Waals surface area contributed by atoms with Crippen LogP contribution in [0.1, 0.15) is 35.7 Å². The van der Waals surface area contributed by atoms with Gasteiger partial charge in [-0.2, -0.15) is 0 Å². The number of urea groups is 1. The van der Waals surface area contributed by atoms with E-state index in [1.807, 2.05) is 38.1 Å². The highest BCUT2D eigenvalue weighted by Gasteiger charge is 2.34. The number of aryl methyl sites for hydroxylation is 3. The third-order valence-corrected chi connectivity index (χ3v) is 4.34. The van der Waals surface area contributed by atoms with Gasteiger partial charge in [-0.1, -0.05) is 43.2 Å². The molecule has 1 aromatic carbocycles. The first-order valence-electron chi connectivity index (χ1n) is 8.58. The Hall–Kier alpha value is -3.09. The second-order valence-corrected chi connectivity index (χ2v) is 6.49. The maximum absolute atomic E-state index is 12.7. The number of aromatic nitrogens is 2. The van der Waals surface area contributed by atoms with Gasteiger partial charge in [-0.15, -0.1) is 0 Å². The van der Waals surface area contributed by atoms with Gasteiger partial charge in [0, 0.05) is 12.7 Å². The second-order valence-electron chi connectivity index (χ2n) is 6.49. The van der Waals surface area contributed by atoms with Crippen LogP contribution in [-0.2, 0) is 24.8 Å². The quantitative estimate of drug-likeness (QED) is 0.636. The minimum atomic E-state index is -0.479. The normalized spacial score (nSPS) is 15.8. The Bertz CT molecular complexity index is 952. The van der Waals surface area contributed by atoms with Crippen LogP contribution in [0.5, 0.6) is 0 Å². The summed E-state index contributed by atoms with van der Waals surface area (Å²) in [7, 11) is 1.63. The van der Waals surface area contributed by atoms with Gasteiger partial charge in [0.2, 0.25) is 0 Å². The molecule has 3 amide bonds. The van der Waals surface area contributed by atoms with E-state index in [1.54, 1.807) is 7.05 Å². The number of H-pyrrole nitrogens is 1. The third-order valence-electron chi connectivity index (χ3n) is 4.34. The maximum Gasteiger partial charge on any atom is 0.329 e. The summed E-state index contributed by atoms with van der Waals surface area (Å²) < 4.78 is 1.38. The average molecular weight is 354 g/mol. The number of hydrogen-bond acceptors (Lipinski definition) is 3. The lowest BCUT2D eigenvalue weighted by Crippen LogP contribution is -2.30. The fourth-order valence-corrected chi connectivity index (χ4v) is 3.07. The summed E-state index contributed by atoms with van der Waals surface area (Å²) in [6.45, 7) is 4.16. The van der Waals surface area contributed by atoms with Crippen molar-refractivity contribution < 1.29 is 9.59 Å². The zero-order valence-electron chi connectivity index (χ0n) is 15.1. The number of benzene rings is 1. The van der Waals surface area contributed by atoms with Crippen molar-refractivity contribution >= 4 is 18.0 Å². The Labute approximate surface area is 151 Å². The largest absolute Gasteiger partial charge is 0.329 e. The lowest BCUT2D eigenvalue weighted by atomic mass is 10.1. The van der Waals surface area contributed by atoms with Crippen molar-refractivity contribution in [2.75, 3.05) is 0 Å². The van der Waals surface area contributed by atoms with Crippen molar-refractivity contribution in [3.63, 3.8) is 0 Å². The van der Waals surface area contributed by atoms with E-state index in [9.17, 15) is 14.4 Å². The minimum Gasteiger partial charge on any atom is -0.303 e. The summed E-state index contributed by atoms with van der Waals surface area (Å²) >= 11 is 0. The van der Waals surface area contributed by atoms with Crippen LogP contribution in [-0.4, -0.2) is 26.6 Å². The van der Waals surface area contributed by atoms with Crippen molar-refractivity contribution in [1.29, 1.82) is 0 Å². The van der Waals surface area contributed by atoms with Gasteiger partial charge in [0.25, 0.3) is 11.5 Å². The van der Waals surface area contributed by atoms with E-state index in [-0.39, 0.29) is 17.8 Å². The highest BCUT2D eigenvalue weighted by Crippen LogP contribution is 2.18. The van der Waals surface area contributed by atoms with Gasteiger partial charge in [0.1, 0.15) is 5.70 Å². The van der Waals surface area contributed by atoms with Crippen LogP contribution in [0.15, 0.2) is 34.8 Å². The lowest BCUT2D eigenvalue weighted by molar-refractivity contribution is -0.123. The van der Waals surface area contributed by atoms with E-state index < -0.39 is 11.9 Å². The Balaban J connectivity index is 1.89. The molecule has 0 bridgehead atoms. The molecule has 1 fully saturated rings. The van der Waals surface area contributed by atoms with Crippen LogP contribution >= 0.6 is 0 Å². The summed E-state index contributed by atoms with van der Waals surface area (Å²) in [5.74, 6) is -0.429. The SMILES string of the molecule is CCCc1[nH]n(C)c(=O)c1/C=C1\NC(=O)N(Cc2cccc(C)c2)C1=O. The zero-order chi connectivity index (χ0) is 18.8. The first kappa shape index (κ1) is 17.7. The molecule has 1 aliphatic heterocycles. The van der Waals surface area contributed by atoms with E-state index in [1.165, 1.54) is 10.8 Å². The number of aromatic amines is 1. The van der Waals surface area contributed by atoms with E-state index >= 15 is 0 Å². The van der Waals surface area contributed by atoms with Gasteiger partial charge in [-0.05, 0) is 25.0 Å². The third kappa shape index (κ3) is 3.33. The van der Waals surface area contributed by atoms with Gasteiger partial charge in [0.15, 0.2) is 0 Å². The molecule has 136 valence electrons. The molecule has 1 saturated heterocycles. The number of nitrogens with zero attached hydrogens (tertiary/aromatic N) is 2. The smallest absolute Gasteiger partial charge is 0.303 e. The predicted molar refractivity (Wildman–Crippen MR) is 98.3 cm³/mol. The Morgan fingerprint density at radius 2 is 1.96 bits per heavy atom.